The van der Waals surface area contributed by atoms with Crippen molar-refractivity contribution in [1.82, 2.24) is 4.90 Å². The molecule has 0 saturated carbocycles. The highest BCUT2D eigenvalue weighted by Gasteiger charge is 2.37. The summed E-state index contributed by atoms with van der Waals surface area (Å²) in [5.41, 5.74) is 4.18. The van der Waals surface area contributed by atoms with Crippen LogP contribution in [0.4, 0.5) is 0 Å². The summed E-state index contributed by atoms with van der Waals surface area (Å²) < 4.78 is 14.0. The second-order valence-electron chi connectivity index (χ2n) is 8.28. The summed E-state index contributed by atoms with van der Waals surface area (Å²) in [5, 5.41) is 0. The smallest absolute Gasteiger partial charge is 0.228 e. The summed E-state index contributed by atoms with van der Waals surface area (Å²) in [4.78, 5) is 16.9. The quantitative estimate of drug-likeness (QED) is 0.428. The second kappa shape index (κ2) is 10.1. The lowest BCUT2D eigenvalue weighted by Gasteiger charge is -2.36. The molecule has 0 saturated heterocycles. The van der Waals surface area contributed by atoms with Gasteiger partial charge in [0.15, 0.2) is 0 Å². The highest BCUT2D eigenvalue weighted by Crippen LogP contribution is 2.42. The highest BCUT2D eigenvalue weighted by atomic mass is 32.2. The van der Waals surface area contributed by atoms with Gasteiger partial charge in [0, 0.05) is 27.8 Å². The molecule has 32 heavy (non-hydrogen) atoms. The Morgan fingerprint density at radius 3 is 2.16 bits per heavy atom. The highest BCUT2D eigenvalue weighted by molar-refractivity contribution is 7.89. The minimum atomic E-state index is -1.35. The van der Waals surface area contributed by atoms with E-state index in [1.807, 2.05) is 96.8 Å². The number of hydrogen-bond donors (Lipinski definition) is 0. The third-order valence-electron chi connectivity index (χ3n) is 5.91. The number of benzene rings is 3. The van der Waals surface area contributed by atoms with Gasteiger partial charge in [-0.3, -0.25) is 4.79 Å². The number of carbonyl (C=O) groups excluding carboxylic acids is 1. The van der Waals surface area contributed by atoms with Gasteiger partial charge in [0.1, 0.15) is 0 Å². The van der Waals surface area contributed by atoms with Gasteiger partial charge < -0.3 is 4.90 Å². The molecule has 0 fully saturated rings. The van der Waals surface area contributed by atoms with Crippen LogP contribution >= 0.6 is 0 Å². The van der Waals surface area contributed by atoms with E-state index < -0.39 is 10.8 Å². The maximum Gasteiger partial charge on any atom is 0.228 e. The molecule has 4 heteroatoms. The van der Waals surface area contributed by atoms with E-state index in [9.17, 15) is 9.00 Å². The molecular formula is C28H29NO2S. The molecule has 3 aromatic rings. The van der Waals surface area contributed by atoms with E-state index in [1.54, 1.807) is 0 Å². The van der Waals surface area contributed by atoms with Crippen molar-refractivity contribution in [1.29, 1.82) is 0 Å². The maximum atomic E-state index is 14.0. The summed E-state index contributed by atoms with van der Waals surface area (Å²) in [5.74, 6) is -0.0878. The maximum absolute atomic E-state index is 14.0. The molecule has 1 aliphatic rings. The molecule has 3 aromatic carbocycles. The number of carbonyl (C=O) groups is 1. The third kappa shape index (κ3) is 4.76. The first-order valence-corrected chi connectivity index (χ1v) is 12.3. The van der Waals surface area contributed by atoms with Gasteiger partial charge in [-0.15, -0.1) is 0 Å². The SMILES string of the molecule is CCCC1=C(S(=O)c2ccc(C)cc2)[C@H](c2ccccc2)CC(=O)N1Cc1ccccc1. The zero-order valence-electron chi connectivity index (χ0n) is 18.7. The third-order valence-corrected chi connectivity index (χ3v) is 7.53. The largest absolute Gasteiger partial charge is 0.311 e. The molecule has 0 radical (unpaired) electrons. The Morgan fingerprint density at radius 2 is 1.53 bits per heavy atom. The molecule has 1 unspecified atom stereocenters. The molecule has 164 valence electrons. The first-order valence-electron chi connectivity index (χ1n) is 11.2. The number of aryl methyl sites for hydroxylation is 1. The summed E-state index contributed by atoms with van der Waals surface area (Å²) in [6, 6.07) is 28.0. The summed E-state index contributed by atoms with van der Waals surface area (Å²) >= 11 is 0. The van der Waals surface area contributed by atoms with Crippen molar-refractivity contribution in [2.75, 3.05) is 0 Å². The van der Waals surface area contributed by atoms with Gasteiger partial charge in [-0.1, -0.05) is 91.7 Å². The number of hydrogen-bond acceptors (Lipinski definition) is 2. The standard InChI is InChI=1S/C28H29NO2S/c1-3-10-26-28(32(31)24-17-15-21(2)16-18-24)25(23-13-8-5-9-14-23)19-27(30)29(26)20-22-11-6-4-7-12-22/h4-9,11-18,25H,3,10,19-20H2,1-2H3/t25-,32?/m0/s1. The predicted molar refractivity (Wildman–Crippen MR) is 130 cm³/mol. The van der Waals surface area contributed by atoms with E-state index in [1.165, 1.54) is 0 Å². The summed E-state index contributed by atoms with van der Waals surface area (Å²) in [6.45, 7) is 4.64. The molecule has 4 rings (SSSR count). The van der Waals surface area contributed by atoms with E-state index in [4.69, 9.17) is 0 Å². The number of allylic oxidation sites excluding steroid dienone is 2. The van der Waals surface area contributed by atoms with Crippen LogP contribution in [0.25, 0.3) is 0 Å². The average molecular weight is 444 g/mol. The molecule has 0 spiro atoms. The molecule has 0 aromatic heterocycles. The van der Waals surface area contributed by atoms with Crippen molar-refractivity contribution >= 4 is 16.7 Å². The van der Waals surface area contributed by atoms with Crippen molar-refractivity contribution in [3.8, 4) is 0 Å². The van der Waals surface area contributed by atoms with Gasteiger partial charge in [-0.25, -0.2) is 4.21 Å². The lowest BCUT2D eigenvalue weighted by atomic mass is 9.89. The summed E-state index contributed by atoms with van der Waals surface area (Å²) in [6.07, 6.45) is 1.93. The normalized spacial score (nSPS) is 17.5. The Balaban J connectivity index is 1.86. The van der Waals surface area contributed by atoms with Crippen molar-refractivity contribution in [3.63, 3.8) is 0 Å². The fourth-order valence-corrected chi connectivity index (χ4v) is 5.83. The minimum Gasteiger partial charge on any atom is -0.311 e. The van der Waals surface area contributed by atoms with Crippen LogP contribution in [0.5, 0.6) is 0 Å². The van der Waals surface area contributed by atoms with Crippen LogP contribution in [0, 0.1) is 6.92 Å². The van der Waals surface area contributed by atoms with E-state index in [-0.39, 0.29) is 11.8 Å². The number of rotatable bonds is 7. The minimum absolute atomic E-state index is 0.0933. The van der Waals surface area contributed by atoms with Crippen LogP contribution in [0.15, 0.2) is 100 Å². The number of nitrogens with zero attached hydrogens (tertiary/aromatic N) is 1. The fourth-order valence-electron chi connectivity index (χ4n) is 4.29. The second-order valence-corrected chi connectivity index (χ2v) is 9.72. The van der Waals surface area contributed by atoms with Gasteiger partial charge in [0.05, 0.1) is 17.3 Å². The topological polar surface area (TPSA) is 37.4 Å². The first-order chi connectivity index (χ1) is 15.6. The number of amides is 1. The van der Waals surface area contributed by atoms with Gasteiger partial charge in [-0.2, -0.15) is 0 Å². The molecule has 1 heterocycles. The van der Waals surface area contributed by atoms with Crippen LogP contribution in [0.3, 0.4) is 0 Å². The zero-order valence-corrected chi connectivity index (χ0v) is 19.5. The lowest BCUT2D eigenvalue weighted by Crippen LogP contribution is -2.37. The molecule has 3 nitrogen and oxygen atoms in total. The van der Waals surface area contributed by atoms with Crippen LogP contribution < -0.4 is 0 Å². The van der Waals surface area contributed by atoms with Gasteiger partial charge >= 0.3 is 0 Å². The molecule has 0 N–H and O–H groups in total. The van der Waals surface area contributed by atoms with Gasteiger partial charge in [-0.05, 0) is 36.6 Å². The monoisotopic (exact) mass is 443 g/mol. The van der Waals surface area contributed by atoms with Gasteiger partial charge in [0.2, 0.25) is 5.91 Å². The summed E-state index contributed by atoms with van der Waals surface area (Å²) in [7, 11) is -1.35. The average Bonchev–Trinajstić information content (AvgIpc) is 2.82. The molecule has 1 amide bonds. The molecule has 1 aliphatic heterocycles. The van der Waals surface area contributed by atoms with E-state index in [0.717, 1.165) is 45.0 Å². The fraction of sp³-hybridized carbons (Fsp3) is 0.250. The van der Waals surface area contributed by atoms with Gasteiger partial charge in [0.25, 0.3) is 0 Å². The Hall–Kier alpha value is -2.98. The van der Waals surface area contributed by atoms with E-state index in [0.29, 0.717) is 13.0 Å². The molecule has 0 bridgehead atoms. The Bertz CT molecular complexity index is 1120. The Kier molecular flexibility index (Phi) is 7.01. The Labute approximate surface area is 193 Å². The van der Waals surface area contributed by atoms with Crippen molar-refractivity contribution < 1.29 is 9.00 Å². The molecular weight excluding hydrogens is 414 g/mol. The van der Waals surface area contributed by atoms with E-state index in [2.05, 4.69) is 6.92 Å². The zero-order chi connectivity index (χ0) is 22.5. The first kappa shape index (κ1) is 22.2. The van der Waals surface area contributed by atoms with Crippen molar-refractivity contribution in [3.05, 3.63) is 112 Å². The van der Waals surface area contributed by atoms with Crippen LogP contribution in [0.2, 0.25) is 0 Å². The van der Waals surface area contributed by atoms with Crippen molar-refractivity contribution in [2.45, 2.75) is 50.5 Å². The predicted octanol–water partition coefficient (Wildman–Crippen LogP) is 6.33. The van der Waals surface area contributed by atoms with Crippen LogP contribution in [0.1, 0.15) is 48.8 Å². The molecule has 2 atom stereocenters. The molecule has 0 aliphatic carbocycles. The van der Waals surface area contributed by atoms with Crippen molar-refractivity contribution in [2.24, 2.45) is 0 Å². The van der Waals surface area contributed by atoms with Crippen LogP contribution in [-0.4, -0.2) is 15.0 Å². The lowest BCUT2D eigenvalue weighted by molar-refractivity contribution is -0.131. The van der Waals surface area contributed by atoms with Crippen LogP contribution in [-0.2, 0) is 22.1 Å². The van der Waals surface area contributed by atoms with E-state index >= 15 is 0 Å². The Morgan fingerprint density at radius 1 is 0.906 bits per heavy atom.